The summed E-state index contributed by atoms with van der Waals surface area (Å²) in [6, 6.07) is 22.3. The van der Waals surface area contributed by atoms with Gasteiger partial charge in [0.05, 0.1) is 6.04 Å². The fourth-order valence-electron chi connectivity index (χ4n) is 3.83. The van der Waals surface area contributed by atoms with Gasteiger partial charge in [-0.25, -0.2) is 4.79 Å². The van der Waals surface area contributed by atoms with Crippen LogP contribution in [0, 0.1) is 0 Å². The minimum atomic E-state index is -0.273. The third-order valence-corrected chi connectivity index (χ3v) is 5.61. The van der Waals surface area contributed by atoms with Gasteiger partial charge in [-0.3, -0.25) is 4.79 Å². The molecule has 3 aromatic carbocycles. The van der Waals surface area contributed by atoms with Crippen LogP contribution in [0.15, 0.2) is 72.8 Å². The Hall–Kier alpha value is -3.11. The largest absolute Gasteiger partial charge is 0.322 e. The lowest BCUT2D eigenvalue weighted by Crippen LogP contribution is -2.43. The second-order valence-electron chi connectivity index (χ2n) is 7.13. The Morgan fingerprint density at radius 1 is 0.966 bits per heavy atom. The molecule has 1 heterocycles. The summed E-state index contributed by atoms with van der Waals surface area (Å²) in [6.07, 6.45) is 0.776. The van der Waals surface area contributed by atoms with Crippen LogP contribution in [-0.2, 0) is 6.42 Å². The zero-order chi connectivity index (χ0) is 20.4. The summed E-state index contributed by atoms with van der Waals surface area (Å²) in [5, 5.41) is 3.58. The first kappa shape index (κ1) is 19.2. The van der Waals surface area contributed by atoms with Crippen LogP contribution in [-0.4, -0.2) is 23.3 Å². The minimum Gasteiger partial charge on any atom is -0.313 e. The molecule has 0 spiro atoms. The van der Waals surface area contributed by atoms with Crippen LogP contribution in [0.4, 0.5) is 10.5 Å². The number of halogens is 1. The highest BCUT2D eigenvalue weighted by Crippen LogP contribution is 2.38. The maximum atomic E-state index is 13.2. The van der Waals surface area contributed by atoms with Gasteiger partial charge in [-0.05, 0) is 48.2 Å². The molecule has 3 aromatic rings. The van der Waals surface area contributed by atoms with Crippen molar-refractivity contribution in [1.29, 1.82) is 0 Å². The van der Waals surface area contributed by atoms with Gasteiger partial charge < -0.3 is 10.2 Å². The molecule has 4 nitrogen and oxygen atoms in total. The number of hydrogen-bond donors (Lipinski definition) is 1. The summed E-state index contributed by atoms with van der Waals surface area (Å²) in [4.78, 5) is 26.7. The van der Waals surface area contributed by atoms with E-state index in [1.165, 1.54) is 12.5 Å². The lowest BCUT2D eigenvalue weighted by atomic mass is 9.88. The van der Waals surface area contributed by atoms with Gasteiger partial charge in [0.2, 0.25) is 0 Å². The van der Waals surface area contributed by atoms with E-state index in [0.717, 1.165) is 17.5 Å². The molecular formula is C24H21ClN2O2. The minimum absolute atomic E-state index is 0.0399. The van der Waals surface area contributed by atoms with Crippen molar-refractivity contribution in [2.75, 3.05) is 11.9 Å². The van der Waals surface area contributed by atoms with Crippen molar-refractivity contribution >= 4 is 29.1 Å². The Labute approximate surface area is 175 Å². The second-order valence-corrected chi connectivity index (χ2v) is 7.54. The Kier molecular flexibility index (Phi) is 5.36. The molecule has 1 N–H and O–H groups in total. The zero-order valence-electron chi connectivity index (χ0n) is 16.1. The molecule has 0 aliphatic carbocycles. The zero-order valence-corrected chi connectivity index (χ0v) is 16.8. The van der Waals surface area contributed by atoms with Gasteiger partial charge in [-0.15, -0.1) is 0 Å². The molecule has 2 amide bonds. The average molecular weight is 405 g/mol. The van der Waals surface area contributed by atoms with Gasteiger partial charge in [0, 0.05) is 22.8 Å². The molecule has 0 bridgehead atoms. The number of ketones is 1. The first-order valence-corrected chi connectivity index (χ1v) is 9.93. The fourth-order valence-corrected chi connectivity index (χ4v) is 4.07. The highest BCUT2D eigenvalue weighted by molar-refractivity contribution is 6.31. The van der Waals surface area contributed by atoms with Crippen LogP contribution in [0.25, 0.3) is 0 Å². The number of anilines is 1. The molecule has 5 heteroatoms. The van der Waals surface area contributed by atoms with Gasteiger partial charge in [0.25, 0.3) is 0 Å². The van der Waals surface area contributed by atoms with Gasteiger partial charge in [-0.1, -0.05) is 66.2 Å². The summed E-state index contributed by atoms with van der Waals surface area (Å²) in [5.41, 5.74) is 4.36. The Bertz CT molecular complexity index is 1080. The number of benzene rings is 3. The van der Waals surface area contributed by atoms with Crippen LogP contribution in [0.2, 0.25) is 5.02 Å². The van der Waals surface area contributed by atoms with Crippen molar-refractivity contribution in [3.63, 3.8) is 0 Å². The van der Waals surface area contributed by atoms with Crippen LogP contribution in [0.5, 0.6) is 0 Å². The number of carbonyl (C=O) groups is 2. The number of urea groups is 1. The summed E-state index contributed by atoms with van der Waals surface area (Å²) >= 11 is 6.51. The van der Waals surface area contributed by atoms with Crippen LogP contribution < -0.4 is 5.32 Å². The summed E-state index contributed by atoms with van der Waals surface area (Å²) in [7, 11) is 0. The molecule has 4 rings (SSSR count). The van der Waals surface area contributed by atoms with E-state index in [1.54, 1.807) is 24.3 Å². The highest BCUT2D eigenvalue weighted by atomic mass is 35.5. The molecule has 0 saturated carbocycles. The third-order valence-electron chi connectivity index (χ3n) is 5.26. The molecule has 1 aliphatic rings. The average Bonchev–Trinajstić information content (AvgIpc) is 2.73. The van der Waals surface area contributed by atoms with Crippen molar-refractivity contribution in [2.45, 2.75) is 19.4 Å². The first-order valence-electron chi connectivity index (χ1n) is 9.55. The number of hydrogen-bond acceptors (Lipinski definition) is 2. The third kappa shape index (κ3) is 3.89. The summed E-state index contributed by atoms with van der Waals surface area (Å²) in [6.45, 7) is 2.08. The number of rotatable bonds is 3. The van der Waals surface area contributed by atoms with E-state index in [4.69, 9.17) is 11.6 Å². The van der Waals surface area contributed by atoms with Crippen molar-refractivity contribution in [2.24, 2.45) is 0 Å². The first-order chi connectivity index (χ1) is 14.0. The molecular weight excluding hydrogens is 384 g/mol. The second kappa shape index (κ2) is 8.10. The van der Waals surface area contributed by atoms with Crippen molar-refractivity contribution in [1.82, 2.24) is 4.90 Å². The summed E-state index contributed by atoms with van der Waals surface area (Å²) < 4.78 is 0. The van der Waals surface area contributed by atoms with E-state index in [2.05, 4.69) is 17.4 Å². The Morgan fingerprint density at radius 3 is 2.45 bits per heavy atom. The standard InChI is InChI=1S/C24H21ClN2O2/c1-16(28)18-8-6-9-19(15-18)26-24(29)27-14-13-17-7-2-3-10-20(17)23(27)21-11-4-5-12-22(21)25/h2-12,15,23H,13-14H2,1H3,(H,26,29). The van der Waals surface area contributed by atoms with E-state index in [1.807, 2.05) is 41.3 Å². The smallest absolute Gasteiger partial charge is 0.313 e. The van der Waals surface area contributed by atoms with Crippen molar-refractivity contribution in [3.8, 4) is 0 Å². The molecule has 0 radical (unpaired) electrons. The van der Waals surface area contributed by atoms with Crippen LogP contribution in [0.3, 0.4) is 0 Å². The fraction of sp³-hybridized carbons (Fsp3) is 0.167. The molecule has 146 valence electrons. The Balaban J connectivity index is 1.70. The quantitative estimate of drug-likeness (QED) is 0.567. The SMILES string of the molecule is CC(=O)c1cccc(NC(=O)N2CCc3ccccc3C2c2ccccc2Cl)c1. The number of Topliss-reactive ketones (excluding diaryl/α,β-unsaturated/α-hetero) is 1. The predicted molar refractivity (Wildman–Crippen MR) is 116 cm³/mol. The van der Waals surface area contributed by atoms with E-state index in [0.29, 0.717) is 22.8 Å². The van der Waals surface area contributed by atoms with E-state index in [9.17, 15) is 9.59 Å². The molecule has 1 aliphatic heterocycles. The van der Waals surface area contributed by atoms with E-state index in [-0.39, 0.29) is 17.9 Å². The maximum Gasteiger partial charge on any atom is 0.322 e. The molecule has 0 aromatic heterocycles. The number of amides is 2. The number of carbonyl (C=O) groups excluding carboxylic acids is 2. The van der Waals surface area contributed by atoms with Crippen molar-refractivity contribution in [3.05, 3.63) is 100 Å². The topological polar surface area (TPSA) is 49.4 Å². The number of fused-ring (bicyclic) bond motifs is 1. The molecule has 1 atom stereocenters. The van der Waals surface area contributed by atoms with Gasteiger partial charge in [0.15, 0.2) is 5.78 Å². The molecule has 29 heavy (non-hydrogen) atoms. The van der Waals surface area contributed by atoms with E-state index >= 15 is 0 Å². The number of nitrogens with one attached hydrogen (secondary N) is 1. The van der Waals surface area contributed by atoms with E-state index < -0.39 is 0 Å². The Morgan fingerprint density at radius 2 is 1.69 bits per heavy atom. The molecule has 0 fully saturated rings. The summed E-state index contributed by atoms with van der Waals surface area (Å²) in [5.74, 6) is -0.0399. The number of nitrogens with zero attached hydrogens (tertiary/aromatic N) is 1. The van der Waals surface area contributed by atoms with Crippen LogP contribution >= 0.6 is 11.6 Å². The van der Waals surface area contributed by atoms with Crippen LogP contribution in [0.1, 0.15) is 40.0 Å². The van der Waals surface area contributed by atoms with Gasteiger partial charge >= 0.3 is 6.03 Å². The normalized spacial score (nSPS) is 15.5. The van der Waals surface area contributed by atoms with Gasteiger partial charge in [0.1, 0.15) is 0 Å². The molecule has 1 unspecified atom stereocenters. The monoisotopic (exact) mass is 404 g/mol. The predicted octanol–water partition coefficient (Wildman–Crippen LogP) is 5.72. The van der Waals surface area contributed by atoms with Gasteiger partial charge in [-0.2, -0.15) is 0 Å². The van der Waals surface area contributed by atoms with Crippen molar-refractivity contribution < 1.29 is 9.59 Å². The molecule has 0 saturated heterocycles. The lowest BCUT2D eigenvalue weighted by molar-refractivity contribution is 0.101. The maximum absolute atomic E-state index is 13.2. The highest BCUT2D eigenvalue weighted by Gasteiger charge is 2.33. The lowest BCUT2D eigenvalue weighted by Gasteiger charge is -2.38.